The van der Waals surface area contributed by atoms with Crippen molar-refractivity contribution < 1.29 is 24.2 Å². The van der Waals surface area contributed by atoms with E-state index in [-0.39, 0.29) is 29.6 Å². The number of carbonyl (C=O) groups excluding carboxylic acids is 2. The van der Waals surface area contributed by atoms with Crippen molar-refractivity contribution in [2.24, 2.45) is 5.92 Å². The molecule has 0 unspecified atom stereocenters. The molecule has 0 saturated heterocycles. The topological polar surface area (TPSA) is 72.8 Å². The van der Waals surface area contributed by atoms with Crippen LogP contribution in [0, 0.1) is 12.8 Å². The van der Waals surface area contributed by atoms with Gasteiger partial charge >= 0.3 is 5.97 Å². The summed E-state index contributed by atoms with van der Waals surface area (Å²) in [7, 11) is 1.56. The second kappa shape index (κ2) is 8.39. The predicted octanol–water partition coefficient (Wildman–Crippen LogP) is 4.26. The van der Waals surface area contributed by atoms with Gasteiger partial charge in [0.1, 0.15) is 29.5 Å². The van der Waals surface area contributed by atoms with Gasteiger partial charge in [0.25, 0.3) is 0 Å². The maximum atomic E-state index is 11.9. The zero-order valence-electron chi connectivity index (χ0n) is 16.3. The fourth-order valence-corrected chi connectivity index (χ4v) is 3.30. The summed E-state index contributed by atoms with van der Waals surface area (Å²) < 4.78 is 10.6. The predicted molar refractivity (Wildman–Crippen MR) is 99.7 cm³/mol. The summed E-state index contributed by atoms with van der Waals surface area (Å²) in [5, 5.41) is 10.6. The highest BCUT2D eigenvalue weighted by molar-refractivity contribution is 5.98. The Labute approximate surface area is 155 Å². The molecule has 1 aliphatic heterocycles. The lowest BCUT2D eigenvalue weighted by Gasteiger charge is -2.15. The highest BCUT2D eigenvalue weighted by Crippen LogP contribution is 2.42. The number of ether oxygens (including phenoxy) is 2. The molecule has 142 valence electrons. The second-order valence-corrected chi connectivity index (χ2v) is 7.07. The molecule has 0 radical (unpaired) electrons. The minimum absolute atomic E-state index is 0.0424. The van der Waals surface area contributed by atoms with Gasteiger partial charge in [-0.15, -0.1) is 0 Å². The van der Waals surface area contributed by atoms with Crippen LogP contribution in [0.1, 0.15) is 67.1 Å². The summed E-state index contributed by atoms with van der Waals surface area (Å²) in [5.74, 6) is 0.399. The molecule has 1 N–H and O–H groups in total. The highest BCUT2D eigenvalue weighted by atomic mass is 16.5. The number of hydrogen-bond acceptors (Lipinski definition) is 5. The zero-order valence-corrected chi connectivity index (χ0v) is 16.3. The number of cyclic esters (lactones) is 1. The molecule has 0 saturated carbocycles. The number of ketones is 1. The first-order valence-corrected chi connectivity index (χ1v) is 9.02. The zero-order chi connectivity index (χ0) is 19.4. The van der Waals surface area contributed by atoms with Crippen LogP contribution in [0.4, 0.5) is 0 Å². The molecule has 0 amide bonds. The minimum Gasteiger partial charge on any atom is -0.507 e. The van der Waals surface area contributed by atoms with Crippen molar-refractivity contribution in [3.63, 3.8) is 0 Å². The lowest BCUT2D eigenvalue weighted by Crippen LogP contribution is -2.05. The number of allylic oxidation sites excluding steroid dienone is 2. The Morgan fingerprint density at radius 3 is 2.69 bits per heavy atom. The molecule has 5 heteroatoms. The van der Waals surface area contributed by atoms with Crippen molar-refractivity contribution >= 4 is 11.8 Å². The maximum Gasteiger partial charge on any atom is 0.342 e. The van der Waals surface area contributed by atoms with Gasteiger partial charge in [-0.05, 0) is 52.0 Å². The van der Waals surface area contributed by atoms with E-state index in [0.29, 0.717) is 23.3 Å². The van der Waals surface area contributed by atoms with E-state index in [1.807, 2.05) is 26.8 Å². The summed E-state index contributed by atoms with van der Waals surface area (Å²) in [6.07, 6.45) is 5.24. The second-order valence-electron chi connectivity index (χ2n) is 7.07. The van der Waals surface area contributed by atoms with E-state index in [1.54, 1.807) is 14.0 Å². The standard InChI is InChI=1S/C21H28O5/c1-12(7-6-8-13(2)15(4)22)9-10-16-19(23)18-17(11-26-21(18)24)14(3)20(16)25-5/h9,13,23H,6-8,10-11H2,1-5H3/b12-9+/t13-/m1/s1. The van der Waals surface area contributed by atoms with Gasteiger partial charge in [-0.25, -0.2) is 4.79 Å². The van der Waals surface area contributed by atoms with Crippen molar-refractivity contribution in [3.8, 4) is 11.5 Å². The molecule has 0 aromatic heterocycles. The van der Waals surface area contributed by atoms with Crippen LogP contribution in [0.2, 0.25) is 0 Å². The van der Waals surface area contributed by atoms with Crippen molar-refractivity contribution in [1.29, 1.82) is 0 Å². The van der Waals surface area contributed by atoms with Crippen LogP contribution in [0.15, 0.2) is 11.6 Å². The van der Waals surface area contributed by atoms with E-state index in [4.69, 9.17) is 9.47 Å². The number of phenols is 1. The van der Waals surface area contributed by atoms with Crippen LogP contribution < -0.4 is 4.74 Å². The summed E-state index contributed by atoms with van der Waals surface area (Å²) in [6.45, 7) is 7.67. The van der Waals surface area contributed by atoms with Crippen LogP contribution in [-0.4, -0.2) is 24.0 Å². The average Bonchev–Trinajstić information content (AvgIpc) is 2.98. The van der Waals surface area contributed by atoms with Crippen molar-refractivity contribution in [1.82, 2.24) is 0 Å². The number of aromatic hydroxyl groups is 1. The number of fused-ring (bicyclic) bond motifs is 1. The van der Waals surface area contributed by atoms with E-state index in [9.17, 15) is 14.7 Å². The van der Waals surface area contributed by atoms with E-state index in [2.05, 4.69) is 0 Å². The first-order valence-electron chi connectivity index (χ1n) is 9.02. The van der Waals surface area contributed by atoms with Gasteiger partial charge < -0.3 is 14.6 Å². The first kappa shape index (κ1) is 20.0. The molecule has 1 atom stereocenters. The fraction of sp³-hybridized carbons (Fsp3) is 0.524. The molecule has 0 aliphatic carbocycles. The van der Waals surface area contributed by atoms with Gasteiger partial charge in [0.15, 0.2) is 0 Å². The number of hydrogen-bond donors (Lipinski definition) is 1. The summed E-state index contributed by atoms with van der Waals surface area (Å²) >= 11 is 0. The van der Waals surface area contributed by atoms with E-state index in [1.165, 1.54) is 5.57 Å². The summed E-state index contributed by atoms with van der Waals surface area (Å²) in [5.41, 5.74) is 3.59. The minimum atomic E-state index is -0.483. The van der Waals surface area contributed by atoms with Crippen molar-refractivity contribution in [2.75, 3.05) is 7.11 Å². The number of rotatable bonds is 8. The Balaban J connectivity index is 2.16. The lowest BCUT2D eigenvalue weighted by molar-refractivity contribution is -0.120. The van der Waals surface area contributed by atoms with Crippen LogP contribution in [0.5, 0.6) is 11.5 Å². The molecule has 2 rings (SSSR count). The Kier molecular flexibility index (Phi) is 6.46. The molecule has 1 aromatic rings. The van der Waals surface area contributed by atoms with Gasteiger partial charge in [0.2, 0.25) is 0 Å². The van der Waals surface area contributed by atoms with Gasteiger partial charge in [0.05, 0.1) is 7.11 Å². The Bertz CT molecular complexity index is 746. The molecule has 0 spiro atoms. The third-order valence-corrected chi connectivity index (χ3v) is 5.20. The molecule has 26 heavy (non-hydrogen) atoms. The van der Waals surface area contributed by atoms with Crippen LogP contribution in [0.3, 0.4) is 0 Å². The average molecular weight is 360 g/mol. The highest BCUT2D eigenvalue weighted by Gasteiger charge is 2.31. The van der Waals surface area contributed by atoms with E-state index < -0.39 is 5.97 Å². The molecule has 0 fully saturated rings. The Hall–Kier alpha value is -2.30. The number of methoxy groups -OCH3 is 1. The number of carbonyl (C=O) groups is 2. The lowest BCUT2D eigenvalue weighted by atomic mass is 9.94. The number of benzene rings is 1. The van der Waals surface area contributed by atoms with Crippen molar-refractivity contribution in [3.05, 3.63) is 33.9 Å². The van der Waals surface area contributed by atoms with Gasteiger partial charge in [-0.1, -0.05) is 18.6 Å². The molecule has 5 nitrogen and oxygen atoms in total. The molecular formula is C21H28O5. The maximum absolute atomic E-state index is 11.9. The molecule has 1 heterocycles. The van der Waals surface area contributed by atoms with Gasteiger partial charge in [-0.2, -0.15) is 0 Å². The molecular weight excluding hydrogens is 332 g/mol. The smallest absolute Gasteiger partial charge is 0.342 e. The third-order valence-electron chi connectivity index (χ3n) is 5.20. The van der Waals surface area contributed by atoms with Gasteiger partial charge in [-0.3, -0.25) is 4.79 Å². The van der Waals surface area contributed by atoms with Crippen LogP contribution in [0.25, 0.3) is 0 Å². The van der Waals surface area contributed by atoms with E-state index in [0.717, 1.165) is 24.8 Å². The normalized spacial score (nSPS) is 14.8. The quantitative estimate of drug-likeness (QED) is 0.554. The van der Waals surface area contributed by atoms with Crippen molar-refractivity contribution in [2.45, 2.75) is 60.0 Å². The molecule has 1 aromatic carbocycles. The first-order chi connectivity index (χ1) is 12.3. The fourth-order valence-electron chi connectivity index (χ4n) is 3.30. The molecule has 1 aliphatic rings. The summed E-state index contributed by atoms with van der Waals surface area (Å²) in [6, 6.07) is 0. The molecule has 0 bridgehead atoms. The van der Waals surface area contributed by atoms with E-state index >= 15 is 0 Å². The van der Waals surface area contributed by atoms with Crippen LogP contribution in [-0.2, 0) is 22.6 Å². The van der Waals surface area contributed by atoms with Crippen LogP contribution >= 0.6 is 0 Å². The number of phenolic OH excluding ortho intramolecular Hbond substituents is 1. The Morgan fingerprint density at radius 2 is 2.08 bits per heavy atom. The largest absolute Gasteiger partial charge is 0.507 e. The number of Topliss-reactive ketones (excluding diaryl/α,β-unsaturated/α-hetero) is 1. The monoisotopic (exact) mass is 360 g/mol. The number of esters is 1. The van der Waals surface area contributed by atoms with Gasteiger partial charge in [0, 0.05) is 17.0 Å². The third kappa shape index (κ3) is 4.09. The SMILES string of the molecule is COc1c(C)c2c(c(O)c1C/C=C(\C)CCC[C@@H](C)C(C)=O)C(=O)OC2. The Morgan fingerprint density at radius 1 is 1.38 bits per heavy atom. The summed E-state index contributed by atoms with van der Waals surface area (Å²) in [4.78, 5) is 23.2.